The highest BCUT2D eigenvalue weighted by molar-refractivity contribution is 8.04. The van der Waals surface area contributed by atoms with Gasteiger partial charge in [-0.05, 0) is 24.6 Å². The highest BCUT2D eigenvalue weighted by atomic mass is 32.2. The average Bonchev–Trinajstić information content (AvgIpc) is 2.61. The molecule has 1 heterocycles. The summed E-state index contributed by atoms with van der Waals surface area (Å²) < 4.78 is 42.0. The van der Waals surface area contributed by atoms with Gasteiger partial charge in [-0.3, -0.25) is 4.90 Å². The molecule has 130 valence electrons. The van der Waals surface area contributed by atoms with Crippen LogP contribution in [0, 0.1) is 0 Å². The van der Waals surface area contributed by atoms with E-state index < -0.39 is 17.1 Å². The fraction of sp³-hybridized carbons (Fsp3) is 0.167. The largest absolute Gasteiger partial charge is 0.425 e. The maximum atomic E-state index is 14.0. The van der Waals surface area contributed by atoms with Crippen LogP contribution in [0.2, 0.25) is 0 Å². The molecule has 0 aromatic heterocycles. The molecule has 3 nitrogen and oxygen atoms in total. The quantitative estimate of drug-likeness (QED) is 0.792. The molecular weight excluding hydrogens is 349 g/mol. The molecule has 1 fully saturated rings. The second kappa shape index (κ2) is 6.48. The van der Waals surface area contributed by atoms with E-state index in [1.165, 1.54) is 35.2 Å². The van der Waals surface area contributed by atoms with Crippen molar-refractivity contribution in [2.24, 2.45) is 0 Å². The predicted octanol–water partition coefficient (Wildman–Crippen LogP) is 5.23. The number of carbonyl (C=O) groups is 1. The topological polar surface area (TPSA) is 32.3 Å². The molecule has 2 aromatic rings. The molecule has 2 amide bonds. The van der Waals surface area contributed by atoms with Gasteiger partial charge in [0.2, 0.25) is 4.87 Å². The maximum Gasteiger partial charge on any atom is 0.425 e. The Bertz CT molecular complexity index is 793. The number of carbonyl (C=O) groups excluding carboxylic acids is 1. The van der Waals surface area contributed by atoms with Gasteiger partial charge < -0.3 is 5.32 Å². The van der Waals surface area contributed by atoms with Crippen molar-refractivity contribution in [3.8, 4) is 0 Å². The van der Waals surface area contributed by atoms with Crippen LogP contribution in [-0.2, 0) is 4.87 Å². The number of hydrogen-bond acceptors (Lipinski definition) is 2. The minimum atomic E-state index is -4.67. The van der Waals surface area contributed by atoms with Gasteiger partial charge in [0.05, 0.1) is 10.7 Å². The Morgan fingerprint density at radius 1 is 1.04 bits per heavy atom. The molecule has 1 aliphatic heterocycles. The van der Waals surface area contributed by atoms with Crippen LogP contribution in [0.15, 0.2) is 71.8 Å². The van der Waals surface area contributed by atoms with Gasteiger partial charge in [-0.25, -0.2) is 4.79 Å². The normalized spacial score (nSPS) is 22.8. The van der Waals surface area contributed by atoms with Crippen LogP contribution < -0.4 is 10.2 Å². The Balaban J connectivity index is 2.10. The van der Waals surface area contributed by atoms with Crippen molar-refractivity contribution in [3.63, 3.8) is 0 Å². The lowest BCUT2D eigenvalue weighted by molar-refractivity contribution is -0.167. The van der Waals surface area contributed by atoms with Gasteiger partial charge in [0.1, 0.15) is 0 Å². The van der Waals surface area contributed by atoms with Gasteiger partial charge in [0.15, 0.2) is 0 Å². The minimum Gasteiger partial charge on any atom is -0.311 e. The molecule has 1 atom stereocenters. The van der Waals surface area contributed by atoms with Crippen molar-refractivity contribution in [1.82, 2.24) is 5.32 Å². The standard InChI is InChI=1S/C18H15F3N2OS/c1-2-15-23(14-11-7-4-8-12-14)16(24)22-17(25-15,18(19,20)21)13-9-5-3-6-10-13/h2-12H,1H3,(H,22,24)/b15-2-/t17-/m1/s1. The molecule has 0 saturated carbocycles. The highest BCUT2D eigenvalue weighted by Gasteiger charge is 2.61. The molecule has 1 saturated heterocycles. The SMILES string of the molecule is C/C=C1\S[C@](c2ccccc2)(C(F)(F)F)NC(=O)N1c1ccccc1. The average molecular weight is 364 g/mol. The Morgan fingerprint density at radius 2 is 1.60 bits per heavy atom. The van der Waals surface area contributed by atoms with E-state index in [1.54, 1.807) is 43.3 Å². The summed E-state index contributed by atoms with van der Waals surface area (Å²) in [4.78, 5) is 11.4. The number of halogens is 3. The number of amides is 2. The Hall–Kier alpha value is -2.41. The van der Waals surface area contributed by atoms with Gasteiger partial charge in [0.25, 0.3) is 0 Å². The summed E-state index contributed by atoms with van der Waals surface area (Å²) in [5.41, 5.74) is 0.484. The molecule has 0 aliphatic carbocycles. The number of alkyl halides is 3. The summed E-state index contributed by atoms with van der Waals surface area (Å²) in [5, 5.41) is 2.40. The molecule has 0 unspecified atom stereocenters. The zero-order valence-electron chi connectivity index (χ0n) is 13.2. The van der Waals surface area contributed by atoms with Crippen LogP contribution in [0.3, 0.4) is 0 Å². The van der Waals surface area contributed by atoms with E-state index >= 15 is 0 Å². The first-order valence-electron chi connectivity index (χ1n) is 7.54. The number of nitrogens with zero attached hydrogens (tertiary/aromatic N) is 1. The second-order valence-corrected chi connectivity index (χ2v) is 6.61. The Labute approximate surface area is 147 Å². The maximum absolute atomic E-state index is 14.0. The van der Waals surface area contributed by atoms with E-state index in [2.05, 4.69) is 5.32 Å². The van der Waals surface area contributed by atoms with Gasteiger partial charge in [-0.2, -0.15) is 13.2 Å². The summed E-state index contributed by atoms with van der Waals surface area (Å²) in [7, 11) is 0. The van der Waals surface area contributed by atoms with E-state index in [-0.39, 0.29) is 10.6 Å². The second-order valence-electron chi connectivity index (χ2n) is 5.38. The fourth-order valence-electron chi connectivity index (χ4n) is 2.64. The number of allylic oxidation sites excluding steroid dienone is 1. The van der Waals surface area contributed by atoms with Crippen molar-refractivity contribution in [2.45, 2.75) is 18.0 Å². The highest BCUT2D eigenvalue weighted by Crippen LogP contribution is 2.53. The Kier molecular flexibility index (Phi) is 4.51. The summed E-state index contributed by atoms with van der Waals surface area (Å²) in [5.74, 6) is 0. The smallest absolute Gasteiger partial charge is 0.311 e. The minimum absolute atomic E-state index is 0.0205. The van der Waals surface area contributed by atoms with Crippen molar-refractivity contribution in [3.05, 3.63) is 77.3 Å². The van der Waals surface area contributed by atoms with E-state index in [0.717, 1.165) is 0 Å². The van der Waals surface area contributed by atoms with Gasteiger partial charge in [-0.1, -0.05) is 66.4 Å². The van der Waals surface area contributed by atoms with Crippen LogP contribution in [0.25, 0.3) is 0 Å². The first-order valence-corrected chi connectivity index (χ1v) is 8.35. The van der Waals surface area contributed by atoms with Crippen LogP contribution in [0.1, 0.15) is 12.5 Å². The number of rotatable bonds is 2. The van der Waals surface area contributed by atoms with E-state index in [1.807, 2.05) is 0 Å². The van der Waals surface area contributed by atoms with Crippen LogP contribution in [0.4, 0.5) is 23.7 Å². The van der Waals surface area contributed by atoms with Crippen molar-refractivity contribution >= 4 is 23.5 Å². The molecule has 25 heavy (non-hydrogen) atoms. The number of benzene rings is 2. The van der Waals surface area contributed by atoms with Crippen LogP contribution in [0.5, 0.6) is 0 Å². The molecular formula is C18H15F3N2OS. The zero-order valence-corrected chi connectivity index (χ0v) is 14.1. The lowest BCUT2D eigenvalue weighted by Crippen LogP contribution is -2.60. The Morgan fingerprint density at radius 3 is 2.12 bits per heavy atom. The molecule has 0 radical (unpaired) electrons. The number of para-hydroxylation sites is 1. The summed E-state index contributed by atoms with van der Waals surface area (Å²) >= 11 is 0.576. The molecule has 0 spiro atoms. The molecule has 2 aromatic carbocycles. The molecule has 7 heteroatoms. The summed E-state index contributed by atoms with van der Waals surface area (Å²) in [6.45, 7) is 1.61. The van der Waals surface area contributed by atoms with Crippen LogP contribution >= 0.6 is 11.8 Å². The van der Waals surface area contributed by atoms with E-state index in [4.69, 9.17) is 0 Å². The number of hydrogen-bond donors (Lipinski definition) is 1. The van der Waals surface area contributed by atoms with Gasteiger partial charge >= 0.3 is 12.2 Å². The third-order valence-electron chi connectivity index (χ3n) is 3.80. The van der Waals surface area contributed by atoms with Crippen molar-refractivity contribution < 1.29 is 18.0 Å². The van der Waals surface area contributed by atoms with E-state index in [9.17, 15) is 18.0 Å². The van der Waals surface area contributed by atoms with E-state index in [0.29, 0.717) is 17.4 Å². The summed E-state index contributed by atoms with van der Waals surface area (Å²) in [6, 6.07) is 15.2. The number of urea groups is 1. The lowest BCUT2D eigenvalue weighted by atomic mass is 10.1. The first kappa shape index (κ1) is 17.4. The fourth-order valence-corrected chi connectivity index (χ4v) is 3.86. The van der Waals surface area contributed by atoms with Crippen LogP contribution in [-0.4, -0.2) is 12.2 Å². The van der Waals surface area contributed by atoms with Crippen molar-refractivity contribution in [2.75, 3.05) is 4.90 Å². The van der Waals surface area contributed by atoms with Crippen molar-refractivity contribution in [1.29, 1.82) is 0 Å². The molecule has 1 N–H and O–H groups in total. The molecule has 0 bridgehead atoms. The first-order chi connectivity index (χ1) is 11.9. The predicted molar refractivity (Wildman–Crippen MR) is 93.0 cm³/mol. The number of nitrogens with one attached hydrogen (secondary N) is 1. The van der Waals surface area contributed by atoms with Gasteiger partial charge in [0, 0.05) is 0 Å². The zero-order chi connectivity index (χ0) is 18.1. The monoisotopic (exact) mass is 364 g/mol. The van der Waals surface area contributed by atoms with Gasteiger partial charge in [-0.15, -0.1) is 0 Å². The molecule has 1 aliphatic rings. The molecule has 3 rings (SSSR count). The summed E-state index contributed by atoms with van der Waals surface area (Å²) in [6.07, 6.45) is -3.16. The number of thioether (sulfide) groups is 1. The lowest BCUT2D eigenvalue weighted by Gasteiger charge is -2.44. The number of anilines is 1. The third kappa shape index (κ3) is 3.00. The third-order valence-corrected chi connectivity index (χ3v) is 5.31.